The molecule has 1 amide bonds. The molecule has 0 radical (unpaired) electrons. The zero-order valence-electron chi connectivity index (χ0n) is 12.6. The lowest BCUT2D eigenvalue weighted by molar-refractivity contribution is 0.0783. The van der Waals surface area contributed by atoms with Crippen LogP contribution in [0, 0.1) is 6.92 Å². The van der Waals surface area contributed by atoms with Gasteiger partial charge in [-0.1, -0.05) is 13.0 Å². The molecule has 0 aliphatic rings. The maximum Gasteiger partial charge on any atom is 0.254 e. The molecule has 2 N–H and O–H groups in total. The molecule has 0 fully saturated rings. The molecule has 2 aromatic heterocycles. The van der Waals surface area contributed by atoms with Gasteiger partial charge in [0.15, 0.2) is 0 Å². The number of nitrogens with two attached hydrogens (primary N) is 1. The molecule has 0 bridgehead atoms. The second-order valence-electron chi connectivity index (χ2n) is 5.06. The Hall–Kier alpha value is -2.43. The summed E-state index contributed by atoms with van der Waals surface area (Å²) in [5, 5.41) is 0. The normalized spacial score (nSPS) is 10.4. The maximum atomic E-state index is 12.5. The second-order valence-corrected chi connectivity index (χ2v) is 5.06. The second kappa shape index (κ2) is 6.35. The first kappa shape index (κ1) is 15.0. The van der Waals surface area contributed by atoms with Crippen molar-refractivity contribution in [2.45, 2.75) is 26.8 Å². The molecule has 0 atom stereocenters. The monoisotopic (exact) mass is 284 g/mol. The van der Waals surface area contributed by atoms with Gasteiger partial charge in [-0.25, -0.2) is 4.98 Å². The number of aryl methyl sites for hydroxylation is 2. The van der Waals surface area contributed by atoms with Crippen molar-refractivity contribution < 1.29 is 4.79 Å². The molecule has 0 aliphatic heterocycles. The number of carbonyl (C=O) groups excluding carboxylic acids is 1. The third-order valence-corrected chi connectivity index (χ3v) is 3.20. The molecule has 0 aliphatic carbocycles. The van der Waals surface area contributed by atoms with Gasteiger partial charge >= 0.3 is 0 Å². The van der Waals surface area contributed by atoms with Crippen molar-refractivity contribution in [1.29, 1.82) is 0 Å². The van der Waals surface area contributed by atoms with E-state index < -0.39 is 0 Å². The minimum Gasteiger partial charge on any atom is -0.384 e. The number of nitrogen functional groups attached to an aromatic ring is 1. The first-order valence-electron chi connectivity index (χ1n) is 6.94. The average molecular weight is 284 g/mol. The van der Waals surface area contributed by atoms with Crippen LogP contribution < -0.4 is 5.73 Å². The van der Waals surface area contributed by atoms with E-state index in [1.165, 1.54) is 0 Å². The Labute approximate surface area is 124 Å². The minimum atomic E-state index is -0.0814. The molecule has 21 heavy (non-hydrogen) atoms. The van der Waals surface area contributed by atoms with Gasteiger partial charge in [0, 0.05) is 24.0 Å². The molecular weight excluding hydrogens is 264 g/mol. The number of rotatable bonds is 4. The SMILES string of the molecule is CCc1cc(C(=O)N(C)Cc2cccc(C)n2)cc(N)n1. The zero-order valence-corrected chi connectivity index (χ0v) is 12.6. The Morgan fingerprint density at radius 2 is 2.00 bits per heavy atom. The number of pyridine rings is 2. The fourth-order valence-electron chi connectivity index (χ4n) is 2.14. The van der Waals surface area contributed by atoms with E-state index in [1.54, 1.807) is 24.1 Å². The summed E-state index contributed by atoms with van der Waals surface area (Å²) in [6.07, 6.45) is 0.745. The highest BCUT2D eigenvalue weighted by molar-refractivity contribution is 5.94. The number of aromatic nitrogens is 2. The number of carbonyl (C=O) groups is 1. The molecule has 5 heteroatoms. The standard InChI is InChI=1S/C16H20N4O/c1-4-13-8-12(9-15(17)19-13)16(21)20(3)10-14-7-5-6-11(2)18-14/h5-9H,4,10H2,1-3H3,(H2,17,19). The van der Waals surface area contributed by atoms with Crippen LogP contribution >= 0.6 is 0 Å². The van der Waals surface area contributed by atoms with E-state index in [0.29, 0.717) is 17.9 Å². The Morgan fingerprint density at radius 3 is 2.67 bits per heavy atom. The van der Waals surface area contributed by atoms with E-state index in [0.717, 1.165) is 23.5 Å². The van der Waals surface area contributed by atoms with Gasteiger partial charge in [0.2, 0.25) is 0 Å². The van der Waals surface area contributed by atoms with Crippen molar-refractivity contribution >= 4 is 11.7 Å². The first-order chi connectivity index (χ1) is 9.99. The van der Waals surface area contributed by atoms with Gasteiger partial charge < -0.3 is 10.6 Å². The Morgan fingerprint density at radius 1 is 1.24 bits per heavy atom. The summed E-state index contributed by atoms with van der Waals surface area (Å²) in [6.45, 7) is 4.38. The van der Waals surface area contributed by atoms with Crippen LogP contribution in [0.2, 0.25) is 0 Å². The molecule has 0 spiro atoms. The van der Waals surface area contributed by atoms with Crippen molar-refractivity contribution in [2.24, 2.45) is 0 Å². The summed E-state index contributed by atoms with van der Waals surface area (Å²) in [7, 11) is 1.76. The number of hydrogen-bond acceptors (Lipinski definition) is 4. The van der Waals surface area contributed by atoms with Crippen LogP contribution in [0.25, 0.3) is 0 Å². The van der Waals surface area contributed by atoms with Crippen LogP contribution in [0.1, 0.15) is 34.4 Å². The van der Waals surface area contributed by atoms with Gasteiger partial charge in [-0.3, -0.25) is 9.78 Å². The molecule has 0 aromatic carbocycles. The summed E-state index contributed by atoms with van der Waals surface area (Å²) in [5.74, 6) is 0.293. The van der Waals surface area contributed by atoms with Crippen LogP contribution in [0.5, 0.6) is 0 Å². The summed E-state index contributed by atoms with van der Waals surface area (Å²) in [6, 6.07) is 9.19. The molecule has 0 saturated carbocycles. The van der Waals surface area contributed by atoms with Crippen molar-refractivity contribution in [3.63, 3.8) is 0 Å². The van der Waals surface area contributed by atoms with Gasteiger partial charge in [-0.2, -0.15) is 0 Å². The molecule has 0 saturated heterocycles. The van der Waals surface area contributed by atoms with Crippen molar-refractivity contribution in [1.82, 2.24) is 14.9 Å². The van der Waals surface area contributed by atoms with Gasteiger partial charge in [-0.05, 0) is 37.6 Å². The van der Waals surface area contributed by atoms with Crippen LogP contribution in [-0.4, -0.2) is 27.8 Å². The lowest BCUT2D eigenvalue weighted by atomic mass is 10.1. The summed E-state index contributed by atoms with van der Waals surface area (Å²) in [4.78, 5) is 22.7. The van der Waals surface area contributed by atoms with Crippen LogP contribution in [0.15, 0.2) is 30.3 Å². The van der Waals surface area contributed by atoms with Crippen LogP contribution in [0.4, 0.5) is 5.82 Å². The Balaban J connectivity index is 2.17. The molecule has 2 rings (SSSR count). The highest BCUT2D eigenvalue weighted by Gasteiger charge is 2.14. The van der Waals surface area contributed by atoms with Crippen LogP contribution in [0.3, 0.4) is 0 Å². The first-order valence-corrected chi connectivity index (χ1v) is 6.94. The molecule has 110 valence electrons. The quantitative estimate of drug-likeness (QED) is 0.934. The molecule has 0 unspecified atom stereocenters. The molecule has 2 heterocycles. The van der Waals surface area contributed by atoms with E-state index in [9.17, 15) is 4.79 Å². The van der Waals surface area contributed by atoms with Gasteiger partial charge in [0.25, 0.3) is 5.91 Å². The van der Waals surface area contributed by atoms with E-state index in [-0.39, 0.29) is 5.91 Å². The topological polar surface area (TPSA) is 72.1 Å². The van der Waals surface area contributed by atoms with E-state index in [1.807, 2.05) is 32.0 Å². The maximum absolute atomic E-state index is 12.5. The van der Waals surface area contributed by atoms with E-state index in [4.69, 9.17) is 5.73 Å². The average Bonchev–Trinajstić information content (AvgIpc) is 2.45. The number of hydrogen-bond donors (Lipinski definition) is 1. The van der Waals surface area contributed by atoms with Crippen LogP contribution in [-0.2, 0) is 13.0 Å². The number of anilines is 1. The van der Waals surface area contributed by atoms with Gasteiger partial charge in [0.1, 0.15) is 5.82 Å². The third-order valence-electron chi connectivity index (χ3n) is 3.20. The van der Waals surface area contributed by atoms with Crippen molar-refractivity contribution in [2.75, 3.05) is 12.8 Å². The summed E-state index contributed by atoms with van der Waals surface area (Å²) < 4.78 is 0. The Bertz CT molecular complexity index is 654. The summed E-state index contributed by atoms with van der Waals surface area (Å²) >= 11 is 0. The smallest absolute Gasteiger partial charge is 0.254 e. The van der Waals surface area contributed by atoms with Crippen molar-refractivity contribution in [3.05, 3.63) is 53.0 Å². The highest BCUT2D eigenvalue weighted by Crippen LogP contribution is 2.12. The Kier molecular flexibility index (Phi) is 4.52. The summed E-state index contributed by atoms with van der Waals surface area (Å²) in [5.41, 5.74) is 8.94. The van der Waals surface area contributed by atoms with Gasteiger partial charge in [0.05, 0.1) is 12.2 Å². The molecule has 5 nitrogen and oxygen atoms in total. The van der Waals surface area contributed by atoms with E-state index in [2.05, 4.69) is 9.97 Å². The predicted molar refractivity (Wildman–Crippen MR) is 82.8 cm³/mol. The fraction of sp³-hybridized carbons (Fsp3) is 0.312. The van der Waals surface area contributed by atoms with E-state index >= 15 is 0 Å². The zero-order chi connectivity index (χ0) is 15.4. The lowest BCUT2D eigenvalue weighted by Crippen LogP contribution is -2.27. The number of amides is 1. The predicted octanol–water partition coefficient (Wildman–Crippen LogP) is 2.20. The third kappa shape index (κ3) is 3.78. The highest BCUT2D eigenvalue weighted by atomic mass is 16.2. The lowest BCUT2D eigenvalue weighted by Gasteiger charge is -2.17. The molecule has 2 aromatic rings. The largest absolute Gasteiger partial charge is 0.384 e. The fourth-order valence-corrected chi connectivity index (χ4v) is 2.14. The van der Waals surface area contributed by atoms with Crippen molar-refractivity contribution in [3.8, 4) is 0 Å². The minimum absolute atomic E-state index is 0.0814. The number of nitrogens with zero attached hydrogens (tertiary/aromatic N) is 3. The molecular formula is C16H20N4O. The van der Waals surface area contributed by atoms with Gasteiger partial charge in [-0.15, -0.1) is 0 Å².